The maximum Gasteiger partial charge on any atom is 0.127 e. The first-order chi connectivity index (χ1) is 7.36. The molecule has 0 aliphatic carbocycles. The van der Waals surface area contributed by atoms with Crippen molar-refractivity contribution in [2.75, 3.05) is 20.8 Å². The maximum atomic E-state index is 5.38. The van der Waals surface area contributed by atoms with Crippen LogP contribution in [0.5, 0.6) is 11.5 Å². The van der Waals surface area contributed by atoms with E-state index in [0.717, 1.165) is 30.0 Å². The van der Waals surface area contributed by atoms with Gasteiger partial charge in [-0.15, -0.1) is 12.4 Å². The monoisotopic (exact) mass is 243 g/mol. The summed E-state index contributed by atoms with van der Waals surface area (Å²) in [4.78, 5) is 0. The van der Waals surface area contributed by atoms with Crippen molar-refractivity contribution in [3.05, 3.63) is 23.8 Å². The Labute approximate surface area is 103 Å². The lowest BCUT2D eigenvalue weighted by Crippen LogP contribution is -2.14. The molecule has 1 aliphatic heterocycles. The molecule has 3 nitrogen and oxygen atoms in total. The maximum absolute atomic E-state index is 5.38. The van der Waals surface area contributed by atoms with Gasteiger partial charge in [0.15, 0.2) is 0 Å². The lowest BCUT2D eigenvalue weighted by atomic mass is 10.0. The molecule has 0 aromatic heterocycles. The quantitative estimate of drug-likeness (QED) is 0.885. The Morgan fingerprint density at radius 1 is 1.19 bits per heavy atom. The Balaban J connectivity index is 0.00000128. The molecule has 0 spiro atoms. The van der Waals surface area contributed by atoms with Crippen LogP contribution < -0.4 is 14.8 Å². The third-order valence-corrected chi connectivity index (χ3v) is 2.87. The first-order valence-corrected chi connectivity index (χ1v) is 5.31. The van der Waals surface area contributed by atoms with Crippen molar-refractivity contribution < 1.29 is 9.47 Å². The number of rotatable bonds is 3. The standard InChI is InChI=1S/C12H17NO2.ClH/c1-14-10-6-3-7-11(15-2)12(10)9-5-4-8-13-9;/h3,6-7,9,13H,4-5,8H2,1-2H3;1H/t9-;/m1./s1. The Morgan fingerprint density at radius 3 is 2.25 bits per heavy atom. The van der Waals surface area contributed by atoms with E-state index in [0.29, 0.717) is 6.04 Å². The van der Waals surface area contributed by atoms with Crippen LogP contribution in [0, 0.1) is 0 Å². The van der Waals surface area contributed by atoms with Gasteiger partial charge >= 0.3 is 0 Å². The predicted molar refractivity (Wildman–Crippen MR) is 66.8 cm³/mol. The second-order valence-corrected chi connectivity index (χ2v) is 3.73. The van der Waals surface area contributed by atoms with Crippen LogP contribution in [0.15, 0.2) is 18.2 Å². The fraction of sp³-hybridized carbons (Fsp3) is 0.500. The molecule has 1 heterocycles. The van der Waals surface area contributed by atoms with Gasteiger partial charge in [-0.05, 0) is 31.5 Å². The molecule has 1 N–H and O–H groups in total. The van der Waals surface area contributed by atoms with Crippen LogP contribution in [0.25, 0.3) is 0 Å². The van der Waals surface area contributed by atoms with Gasteiger partial charge in [0.25, 0.3) is 0 Å². The Hall–Kier alpha value is -0.930. The van der Waals surface area contributed by atoms with E-state index in [2.05, 4.69) is 5.32 Å². The SMILES string of the molecule is COc1cccc(OC)c1[C@H]1CCCN1.Cl. The van der Waals surface area contributed by atoms with Gasteiger partial charge in [0.1, 0.15) is 11.5 Å². The summed E-state index contributed by atoms with van der Waals surface area (Å²) in [6.45, 7) is 1.08. The molecule has 1 aromatic rings. The number of nitrogens with one attached hydrogen (secondary N) is 1. The Bertz CT molecular complexity index is 316. The van der Waals surface area contributed by atoms with E-state index in [-0.39, 0.29) is 12.4 Å². The molecule has 2 rings (SSSR count). The molecular formula is C12H18ClNO2. The number of hydrogen-bond donors (Lipinski definition) is 1. The summed E-state index contributed by atoms with van der Waals surface area (Å²) in [5.74, 6) is 1.82. The molecule has 0 unspecified atom stereocenters. The van der Waals surface area contributed by atoms with E-state index in [1.165, 1.54) is 6.42 Å². The molecule has 1 fully saturated rings. The van der Waals surface area contributed by atoms with Gasteiger partial charge in [-0.1, -0.05) is 6.07 Å². The summed E-state index contributed by atoms with van der Waals surface area (Å²) >= 11 is 0. The van der Waals surface area contributed by atoms with Gasteiger partial charge in [-0.2, -0.15) is 0 Å². The zero-order valence-corrected chi connectivity index (χ0v) is 10.5. The van der Waals surface area contributed by atoms with Crippen LogP contribution in [0.2, 0.25) is 0 Å². The summed E-state index contributed by atoms with van der Waals surface area (Å²) < 4.78 is 10.8. The highest BCUT2D eigenvalue weighted by molar-refractivity contribution is 5.85. The molecule has 4 heteroatoms. The van der Waals surface area contributed by atoms with Crippen molar-refractivity contribution in [2.24, 2.45) is 0 Å². The van der Waals surface area contributed by atoms with Gasteiger partial charge in [0.05, 0.1) is 19.8 Å². The minimum Gasteiger partial charge on any atom is -0.496 e. The summed E-state index contributed by atoms with van der Waals surface area (Å²) in [6, 6.07) is 6.29. The summed E-state index contributed by atoms with van der Waals surface area (Å²) in [5.41, 5.74) is 1.15. The second-order valence-electron chi connectivity index (χ2n) is 3.73. The highest BCUT2D eigenvalue weighted by Gasteiger charge is 2.23. The normalized spacial score (nSPS) is 19.0. The van der Waals surface area contributed by atoms with E-state index in [1.807, 2.05) is 18.2 Å². The molecule has 1 atom stereocenters. The topological polar surface area (TPSA) is 30.5 Å². The van der Waals surface area contributed by atoms with E-state index in [1.54, 1.807) is 14.2 Å². The second kappa shape index (κ2) is 5.97. The first-order valence-electron chi connectivity index (χ1n) is 5.31. The van der Waals surface area contributed by atoms with Gasteiger partial charge in [0.2, 0.25) is 0 Å². The number of benzene rings is 1. The molecule has 90 valence electrons. The number of ether oxygens (including phenoxy) is 2. The van der Waals surface area contributed by atoms with Crippen LogP contribution in [-0.2, 0) is 0 Å². The smallest absolute Gasteiger partial charge is 0.127 e. The summed E-state index contributed by atoms with van der Waals surface area (Å²) in [5, 5.41) is 3.46. The van der Waals surface area contributed by atoms with Gasteiger partial charge in [0, 0.05) is 6.04 Å². The Kier molecular flexibility index (Phi) is 4.90. The van der Waals surface area contributed by atoms with Crippen LogP contribution in [0.3, 0.4) is 0 Å². The number of hydrogen-bond acceptors (Lipinski definition) is 3. The molecule has 0 radical (unpaired) electrons. The van der Waals surface area contributed by atoms with Crippen molar-refractivity contribution in [2.45, 2.75) is 18.9 Å². The third-order valence-electron chi connectivity index (χ3n) is 2.87. The van der Waals surface area contributed by atoms with Crippen molar-refractivity contribution in [1.29, 1.82) is 0 Å². The van der Waals surface area contributed by atoms with Crippen molar-refractivity contribution in [1.82, 2.24) is 5.32 Å². The average Bonchev–Trinajstić information content (AvgIpc) is 2.81. The zero-order valence-electron chi connectivity index (χ0n) is 9.66. The number of halogens is 1. The van der Waals surface area contributed by atoms with Crippen LogP contribution in [-0.4, -0.2) is 20.8 Å². The molecule has 1 saturated heterocycles. The van der Waals surface area contributed by atoms with Gasteiger partial charge in [-0.3, -0.25) is 0 Å². The van der Waals surface area contributed by atoms with Crippen LogP contribution in [0.4, 0.5) is 0 Å². The predicted octanol–water partition coefficient (Wildman–Crippen LogP) is 2.55. The molecule has 16 heavy (non-hydrogen) atoms. The minimum atomic E-state index is 0. The van der Waals surface area contributed by atoms with Crippen molar-refractivity contribution >= 4 is 12.4 Å². The van der Waals surface area contributed by atoms with Crippen molar-refractivity contribution in [3.8, 4) is 11.5 Å². The van der Waals surface area contributed by atoms with E-state index in [4.69, 9.17) is 9.47 Å². The lowest BCUT2D eigenvalue weighted by molar-refractivity contribution is 0.375. The summed E-state index contributed by atoms with van der Waals surface area (Å²) in [7, 11) is 3.40. The third kappa shape index (κ3) is 2.42. The van der Waals surface area contributed by atoms with Gasteiger partial charge < -0.3 is 14.8 Å². The van der Waals surface area contributed by atoms with E-state index < -0.39 is 0 Å². The fourth-order valence-corrected chi connectivity index (χ4v) is 2.15. The average molecular weight is 244 g/mol. The lowest BCUT2D eigenvalue weighted by Gasteiger charge is -2.18. The zero-order chi connectivity index (χ0) is 10.7. The molecular weight excluding hydrogens is 226 g/mol. The first kappa shape index (κ1) is 13.1. The van der Waals surface area contributed by atoms with E-state index >= 15 is 0 Å². The fourth-order valence-electron chi connectivity index (χ4n) is 2.15. The molecule has 1 aromatic carbocycles. The van der Waals surface area contributed by atoms with Gasteiger partial charge in [-0.25, -0.2) is 0 Å². The highest BCUT2D eigenvalue weighted by Crippen LogP contribution is 2.37. The van der Waals surface area contributed by atoms with Crippen molar-refractivity contribution in [3.63, 3.8) is 0 Å². The van der Waals surface area contributed by atoms with Crippen LogP contribution >= 0.6 is 12.4 Å². The minimum absolute atomic E-state index is 0. The molecule has 1 aliphatic rings. The Morgan fingerprint density at radius 2 is 1.81 bits per heavy atom. The largest absolute Gasteiger partial charge is 0.496 e. The highest BCUT2D eigenvalue weighted by atomic mass is 35.5. The molecule has 0 saturated carbocycles. The molecule has 0 bridgehead atoms. The summed E-state index contributed by atoms with van der Waals surface area (Å²) in [6.07, 6.45) is 2.36. The van der Waals surface area contributed by atoms with Crippen LogP contribution in [0.1, 0.15) is 24.4 Å². The number of methoxy groups -OCH3 is 2. The molecule has 0 amide bonds. The van der Waals surface area contributed by atoms with E-state index in [9.17, 15) is 0 Å².